The van der Waals surface area contributed by atoms with E-state index in [9.17, 15) is 0 Å². The Kier molecular flexibility index (Phi) is 4.14. The number of nitrogens with zero attached hydrogens (tertiary/aromatic N) is 4. The Morgan fingerprint density at radius 2 is 2.28 bits per heavy atom. The molecule has 2 rings (SSSR count). The highest BCUT2D eigenvalue weighted by Crippen LogP contribution is 2.27. The molecule has 0 amide bonds. The van der Waals surface area contributed by atoms with Crippen LogP contribution in [-0.4, -0.2) is 22.8 Å². The van der Waals surface area contributed by atoms with Crippen molar-refractivity contribution in [1.29, 1.82) is 5.26 Å². The van der Waals surface area contributed by atoms with E-state index in [1.54, 1.807) is 6.07 Å². The van der Waals surface area contributed by atoms with E-state index < -0.39 is 0 Å². The van der Waals surface area contributed by atoms with E-state index in [0.717, 1.165) is 18.3 Å². The van der Waals surface area contributed by atoms with Crippen molar-refractivity contribution in [3.8, 4) is 6.07 Å². The van der Waals surface area contributed by atoms with Crippen molar-refractivity contribution in [2.45, 2.75) is 45.6 Å². The van der Waals surface area contributed by atoms with Crippen molar-refractivity contribution in [3.63, 3.8) is 0 Å². The van der Waals surface area contributed by atoms with Gasteiger partial charge in [-0.25, -0.2) is 0 Å². The molecule has 1 aliphatic rings. The van der Waals surface area contributed by atoms with Crippen LogP contribution in [0.4, 0.5) is 5.82 Å². The summed E-state index contributed by atoms with van der Waals surface area (Å²) in [5, 5.41) is 16.8. The normalized spacial score (nSPS) is 19.2. The fourth-order valence-corrected chi connectivity index (χ4v) is 2.50. The number of aromatic nitrogens is 2. The van der Waals surface area contributed by atoms with Crippen molar-refractivity contribution >= 4 is 5.82 Å². The van der Waals surface area contributed by atoms with Crippen LogP contribution in [0.25, 0.3) is 0 Å². The molecule has 1 unspecified atom stereocenters. The second-order valence-corrected chi connectivity index (χ2v) is 5.35. The number of hydrogen-bond acceptors (Lipinski definition) is 4. The molecule has 18 heavy (non-hydrogen) atoms. The number of hydrogen-bond donors (Lipinski definition) is 0. The Hall–Kier alpha value is -1.63. The molecule has 1 saturated heterocycles. The lowest BCUT2D eigenvalue weighted by Crippen LogP contribution is -2.30. The minimum atomic E-state index is 0.386. The third-order valence-corrected chi connectivity index (χ3v) is 3.51. The van der Waals surface area contributed by atoms with E-state index in [4.69, 9.17) is 5.26 Å². The van der Waals surface area contributed by atoms with Crippen LogP contribution in [0.3, 0.4) is 0 Å². The van der Waals surface area contributed by atoms with Crippen LogP contribution >= 0.6 is 0 Å². The minimum Gasteiger partial charge on any atom is -0.352 e. The maximum Gasteiger partial charge on any atom is 0.163 e. The molecule has 1 fully saturated rings. The van der Waals surface area contributed by atoms with Gasteiger partial charge in [-0.15, -0.1) is 10.2 Å². The lowest BCUT2D eigenvalue weighted by molar-refractivity contribution is 0.493. The molecule has 4 heteroatoms. The smallest absolute Gasteiger partial charge is 0.163 e. The maximum atomic E-state index is 8.73. The summed E-state index contributed by atoms with van der Waals surface area (Å²) in [4.78, 5) is 2.34. The van der Waals surface area contributed by atoms with Gasteiger partial charge >= 0.3 is 0 Å². The summed E-state index contributed by atoms with van der Waals surface area (Å²) in [6.45, 7) is 5.59. The number of anilines is 1. The van der Waals surface area contributed by atoms with E-state index in [2.05, 4.69) is 28.9 Å². The summed E-state index contributed by atoms with van der Waals surface area (Å²) in [6, 6.07) is 6.26. The van der Waals surface area contributed by atoms with Crippen LogP contribution in [0.1, 0.15) is 45.2 Å². The van der Waals surface area contributed by atoms with E-state index in [1.165, 1.54) is 25.7 Å². The Balaban J connectivity index is 2.03. The van der Waals surface area contributed by atoms with Gasteiger partial charge in [0.2, 0.25) is 0 Å². The second-order valence-electron chi connectivity index (χ2n) is 5.35. The van der Waals surface area contributed by atoms with Gasteiger partial charge in [-0.3, -0.25) is 0 Å². The van der Waals surface area contributed by atoms with Crippen LogP contribution in [0.2, 0.25) is 0 Å². The Labute approximate surface area is 109 Å². The first kappa shape index (κ1) is 12.8. The van der Waals surface area contributed by atoms with E-state index in [-0.39, 0.29) is 0 Å². The first-order valence-electron chi connectivity index (χ1n) is 6.71. The summed E-state index contributed by atoms with van der Waals surface area (Å²) >= 11 is 0. The zero-order valence-electron chi connectivity index (χ0n) is 11.1. The first-order valence-corrected chi connectivity index (χ1v) is 6.71. The molecule has 1 atom stereocenters. The Bertz CT molecular complexity index is 418. The monoisotopic (exact) mass is 244 g/mol. The van der Waals surface area contributed by atoms with Crippen molar-refractivity contribution < 1.29 is 0 Å². The van der Waals surface area contributed by atoms with Gasteiger partial charge in [0.15, 0.2) is 11.5 Å². The van der Waals surface area contributed by atoms with Gasteiger partial charge in [0, 0.05) is 12.6 Å². The molecule has 4 nitrogen and oxygen atoms in total. The van der Waals surface area contributed by atoms with Gasteiger partial charge < -0.3 is 4.90 Å². The predicted octanol–water partition coefficient (Wildman–Crippen LogP) is 2.75. The lowest BCUT2D eigenvalue weighted by Gasteiger charge is -2.25. The molecule has 0 bridgehead atoms. The van der Waals surface area contributed by atoms with Gasteiger partial charge in [0.1, 0.15) is 6.07 Å². The first-order chi connectivity index (χ1) is 8.70. The van der Waals surface area contributed by atoms with Crippen molar-refractivity contribution in [1.82, 2.24) is 10.2 Å². The molecule has 0 saturated carbocycles. The van der Waals surface area contributed by atoms with Crippen LogP contribution < -0.4 is 4.90 Å². The highest BCUT2D eigenvalue weighted by atomic mass is 15.3. The third kappa shape index (κ3) is 2.98. The molecule has 0 N–H and O–H groups in total. The predicted molar refractivity (Wildman–Crippen MR) is 71.2 cm³/mol. The van der Waals surface area contributed by atoms with Crippen LogP contribution in [0.5, 0.6) is 0 Å². The van der Waals surface area contributed by atoms with Crippen molar-refractivity contribution in [3.05, 3.63) is 17.8 Å². The molecular weight excluding hydrogens is 224 g/mol. The fourth-order valence-electron chi connectivity index (χ4n) is 2.50. The average Bonchev–Trinajstić information content (AvgIpc) is 2.85. The molecule has 2 heterocycles. The van der Waals surface area contributed by atoms with Crippen LogP contribution in [0.15, 0.2) is 12.1 Å². The number of rotatable bonds is 4. The molecule has 0 aliphatic carbocycles. The molecule has 0 aromatic carbocycles. The standard InChI is InChI=1S/C14H20N4/c1-11(2)5-7-13-4-3-9-18(13)14-8-6-12(10-15)16-17-14/h6,8,11,13H,3-5,7,9H2,1-2H3. The largest absolute Gasteiger partial charge is 0.352 e. The molecule has 0 radical (unpaired) electrons. The topological polar surface area (TPSA) is 52.8 Å². The number of nitriles is 1. The molecular formula is C14H20N4. The Morgan fingerprint density at radius 1 is 1.44 bits per heavy atom. The molecule has 0 spiro atoms. The van der Waals surface area contributed by atoms with Gasteiger partial charge in [0.25, 0.3) is 0 Å². The average molecular weight is 244 g/mol. The summed E-state index contributed by atoms with van der Waals surface area (Å²) in [7, 11) is 0. The molecule has 1 aromatic rings. The highest BCUT2D eigenvalue weighted by molar-refractivity contribution is 5.41. The summed E-state index contributed by atoms with van der Waals surface area (Å²) in [5.41, 5.74) is 0.386. The van der Waals surface area contributed by atoms with Gasteiger partial charge in [0.05, 0.1) is 0 Å². The van der Waals surface area contributed by atoms with Crippen LogP contribution in [0, 0.1) is 17.2 Å². The molecule has 96 valence electrons. The van der Waals surface area contributed by atoms with Gasteiger partial charge in [-0.05, 0) is 43.7 Å². The third-order valence-electron chi connectivity index (χ3n) is 3.51. The summed E-state index contributed by atoms with van der Waals surface area (Å²) in [5.74, 6) is 1.67. The van der Waals surface area contributed by atoms with Crippen LogP contribution in [-0.2, 0) is 0 Å². The van der Waals surface area contributed by atoms with Gasteiger partial charge in [-0.1, -0.05) is 13.8 Å². The lowest BCUT2D eigenvalue weighted by atomic mass is 10.0. The zero-order valence-corrected chi connectivity index (χ0v) is 11.1. The van der Waals surface area contributed by atoms with Crippen molar-refractivity contribution in [2.75, 3.05) is 11.4 Å². The maximum absolute atomic E-state index is 8.73. The highest BCUT2D eigenvalue weighted by Gasteiger charge is 2.25. The summed E-state index contributed by atoms with van der Waals surface area (Å²) in [6.07, 6.45) is 4.95. The molecule has 1 aliphatic heterocycles. The second kappa shape index (κ2) is 5.81. The minimum absolute atomic E-state index is 0.386. The Morgan fingerprint density at radius 3 is 2.89 bits per heavy atom. The summed E-state index contributed by atoms with van der Waals surface area (Å²) < 4.78 is 0. The quantitative estimate of drug-likeness (QED) is 0.817. The fraction of sp³-hybridized carbons (Fsp3) is 0.643. The molecule has 1 aromatic heterocycles. The van der Waals surface area contributed by atoms with E-state index in [0.29, 0.717) is 11.7 Å². The SMILES string of the molecule is CC(C)CCC1CCCN1c1ccc(C#N)nn1. The van der Waals surface area contributed by atoms with E-state index in [1.807, 2.05) is 12.1 Å². The van der Waals surface area contributed by atoms with E-state index >= 15 is 0 Å². The van der Waals surface area contributed by atoms with Gasteiger partial charge in [-0.2, -0.15) is 5.26 Å². The zero-order chi connectivity index (χ0) is 13.0. The van der Waals surface area contributed by atoms with Crippen molar-refractivity contribution in [2.24, 2.45) is 5.92 Å².